The Labute approximate surface area is 257 Å². The van der Waals surface area contributed by atoms with Crippen LogP contribution in [0.4, 0.5) is 0 Å². The van der Waals surface area contributed by atoms with Gasteiger partial charge in [0.1, 0.15) is 22.3 Å². The van der Waals surface area contributed by atoms with Gasteiger partial charge in [-0.2, -0.15) is 0 Å². The lowest BCUT2D eigenvalue weighted by molar-refractivity contribution is -0.121. The molecule has 0 saturated carbocycles. The fourth-order valence-corrected chi connectivity index (χ4v) is 6.84. The fourth-order valence-electron chi connectivity index (χ4n) is 5.84. The molecule has 5 rings (SSSR count). The number of rotatable bonds is 12. The number of carbonyl (C=O) groups excluding carboxylic acids is 1. The molecule has 0 aliphatic carbocycles. The Hall–Kier alpha value is -3.88. The number of hydrogen-bond acceptors (Lipinski definition) is 7. The molecular weight excluding hydrogens is 560 g/mol. The molecule has 0 unspecified atom stereocenters. The van der Waals surface area contributed by atoms with Crippen LogP contribution in [0.1, 0.15) is 58.1 Å². The van der Waals surface area contributed by atoms with E-state index in [0.29, 0.717) is 38.3 Å². The van der Waals surface area contributed by atoms with E-state index in [4.69, 9.17) is 9.47 Å². The van der Waals surface area contributed by atoms with Crippen molar-refractivity contribution >= 4 is 33.2 Å². The van der Waals surface area contributed by atoms with Gasteiger partial charge in [-0.1, -0.05) is 58.0 Å². The Bertz CT molecular complexity index is 1610. The summed E-state index contributed by atoms with van der Waals surface area (Å²) in [7, 11) is 0. The molecule has 0 fully saturated rings. The summed E-state index contributed by atoms with van der Waals surface area (Å²) in [4.78, 5) is 17.1. The molecule has 4 aromatic rings. The number of fused-ring (bicyclic) bond motifs is 1. The molecule has 3 N–H and O–H groups in total. The number of aromatic hydroxyl groups is 2. The number of aromatic nitrogens is 1. The minimum atomic E-state index is -0.272. The Morgan fingerprint density at radius 3 is 2.65 bits per heavy atom. The van der Waals surface area contributed by atoms with Crippen LogP contribution in [0.3, 0.4) is 0 Å². The molecular formula is C35H40N2O5S. The first kappa shape index (κ1) is 30.6. The number of carbonyl (C=O) groups is 1. The second-order valence-electron chi connectivity index (χ2n) is 12.4. The number of thiazole rings is 1. The summed E-state index contributed by atoms with van der Waals surface area (Å²) < 4.78 is 13.3. The molecule has 0 saturated heterocycles. The highest BCUT2D eigenvalue weighted by Crippen LogP contribution is 2.50. The summed E-state index contributed by atoms with van der Waals surface area (Å²) in [6, 6.07) is 20.5. The van der Waals surface area contributed by atoms with Gasteiger partial charge in [-0.05, 0) is 60.4 Å². The molecule has 0 atom stereocenters. The molecule has 8 heteroatoms. The van der Waals surface area contributed by atoms with Crippen molar-refractivity contribution in [2.75, 3.05) is 19.8 Å². The minimum absolute atomic E-state index is 0.0270. The number of nitrogens with zero attached hydrogens (tertiary/aromatic N) is 1. The summed E-state index contributed by atoms with van der Waals surface area (Å²) in [5.74, 6) is 1.17. The number of amides is 1. The smallest absolute Gasteiger partial charge is 0.220 e. The number of benzene rings is 3. The van der Waals surface area contributed by atoms with E-state index in [1.165, 1.54) is 5.57 Å². The van der Waals surface area contributed by atoms with E-state index in [0.717, 1.165) is 45.0 Å². The highest BCUT2D eigenvalue weighted by Gasteiger charge is 2.43. The van der Waals surface area contributed by atoms with Crippen molar-refractivity contribution in [1.29, 1.82) is 0 Å². The molecule has 2 heterocycles. The zero-order valence-corrected chi connectivity index (χ0v) is 26.1. The second kappa shape index (κ2) is 12.8. The van der Waals surface area contributed by atoms with Crippen molar-refractivity contribution in [3.8, 4) is 22.1 Å². The van der Waals surface area contributed by atoms with Gasteiger partial charge in [-0.15, -0.1) is 11.3 Å². The molecule has 0 radical (unpaired) electrons. The maximum atomic E-state index is 12.5. The van der Waals surface area contributed by atoms with Gasteiger partial charge in [-0.3, -0.25) is 4.79 Å². The summed E-state index contributed by atoms with van der Waals surface area (Å²) in [6.07, 6.45) is 1.91. The molecule has 3 aromatic carbocycles. The molecule has 226 valence electrons. The van der Waals surface area contributed by atoms with Crippen LogP contribution in [0.5, 0.6) is 11.5 Å². The molecule has 1 amide bonds. The molecule has 0 bridgehead atoms. The largest absolute Gasteiger partial charge is 0.508 e. The van der Waals surface area contributed by atoms with Crippen molar-refractivity contribution in [1.82, 2.24) is 10.3 Å². The summed E-state index contributed by atoms with van der Waals surface area (Å²) >= 11 is 1.54. The van der Waals surface area contributed by atoms with E-state index in [2.05, 4.69) is 38.0 Å². The first-order valence-electron chi connectivity index (χ1n) is 14.7. The van der Waals surface area contributed by atoms with Gasteiger partial charge in [-0.25, -0.2) is 4.98 Å². The lowest BCUT2D eigenvalue weighted by atomic mass is 9.70. The van der Waals surface area contributed by atoms with E-state index >= 15 is 0 Å². The summed E-state index contributed by atoms with van der Waals surface area (Å²) in [5, 5.41) is 24.3. The average molecular weight is 601 g/mol. The van der Waals surface area contributed by atoms with Crippen LogP contribution >= 0.6 is 11.3 Å². The molecule has 7 nitrogen and oxygen atoms in total. The quantitative estimate of drug-likeness (QED) is 0.144. The molecule has 1 aromatic heterocycles. The predicted octanol–water partition coefficient (Wildman–Crippen LogP) is 7.67. The SMILES string of the molecule is CC(C)(COCCCCC(=O)NCc1ccc(-c2nc3ccccc3s2)c(O)c1)C1=C(c2cccc(O)c2)OCC1(C)C. The van der Waals surface area contributed by atoms with Crippen LogP contribution in [0.2, 0.25) is 0 Å². The van der Waals surface area contributed by atoms with Gasteiger partial charge < -0.3 is 25.0 Å². The number of phenolic OH excluding ortho intramolecular Hbond substituents is 2. The van der Waals surface area contributed by atoms with E-state index in [1.54, 1.807) is 29.5 Å². The molecule has 1 aliphatic heterocycles. The van der Waals surface area contributed by atoms with Crippen LogP contribution < -0.4 is 5.32 Å². The van der Waals surface area contributed by atoms with E-state index in [1.807, 2.05) is 48.5 Å². The Balaban J connectivity index is 1.06. The van der Waals surface area contributed by atoms with Crippen molar-refractivity contribution in [3.05, 3.63) is 83.4 Å². The normalized spacial score (nSPS) is 14.7. The van der Waals surface area contributed by atoms with Crippen LogP contribution in [0.15, 0.2) is 72.3 Å². The first-order valence-corrected chi connectivity index (χ1v) is 15.5. The second-order valence-corrected chi connectivity index (χ2v) is 13.5. The zero-order chi connectivity index (χ0) is 30.6. The highest BCUT2D eigenvalue weighted by molar-refractivity contribution is 7.21. The summed E-state index contributed by atoms with van der Waals surface area (Å²) in [6.45, 7) is 10.7. The topological polar surface area (TPSA) is 101 Å². The maximum absolute atomic E-state index is 12.5. The predicted molar refractivity (Wildman–Crippen MR) is 172 cm³/mol. The van der Waals surface area contributed by atoms with Crippen LogP contribution in [0, 0.1) is 10.8 Å². The van der Waals surface area contributed by atoms with Gasteiger partial charge in [0.05, 0.1) is 29.0 Å². The van der Waals surface area contributed by atoms with E-state index in [-0.39, 0.29) is 28.2 Å². The molecule has 0 spiro atoms. The molecule has 43 heavy (non-hydrogen) atoms. The van der Waals surface area contributed by atoms with E-state index in [9.17, 15) is 15.0 Å². The van der Waals surface area contributed by atoms with E-state index < -0.39 is 0 Å². The molecule has 1 aliphatic rings. The van der Waals surface area contributed by atoms with Gasteiger partial charge >= 0.3 is 0 Å². The van der Waals surface area contributed by atoms with Gasteiger partial charge in [0, 0.05) is 36.0 Å². The third kappa shape index (κ3) is 7.20. The van der Waals surface area contributed by atoms with Gasteiger partial charge in [0.25, 0.3) is 0 Å². The number of phenols is 2. The van der Waals surface area contributed by atoms with Crippen molar-refractivity contribution in [2.24, 2.45) is 10.8 Å². The number of ether oxygens (including phenoxy) is 2. The van der Waals surface area contributed by atoms with Crippen LogP contribution in [0.25, 0.3) is 26.5 Å². The van der Waals surface area contributed by atoms with Crippen LogP contribution in [-0.2, 0) is 20.8 Å². The average Bonchev–Trinajstić information content (AvgIpc) is 3.54. The number of para-hydroxylation sites is 1. The van der Waals surface area contributed by atoms with Gasteiger partial charge in [0.2, 0.25) is 5.91 Å². The highest BCUT2D eigenvalue weighted by atomic mass is 32.1. The zero-order valence-electron chi connectivity index (χ0n) is 25.3. The fraction of sp³-hybridized carbons (Fsp3) is 0.371. The number of nitrogens with one attached hydrogen (secondary N) is 1. The summed E-state index contributed by atoms with van der Waals surface area (Å²) in [5.41, 5.74) is 4.07. The lowest BCUT2D eigenvalue weighted by Crippen LogP contribution is -2.31. The first-order chi connectivity index (χ1) is 20.5. The van der Waals surface area contributed by atoms with Crippen molar-refractivity contribution in [2.45, 2.75) is 53.5 Å². The third-order valence-corrected chi connectivity index (χ3v) is 8.82. The monoisotopic (exact) mass is 600 g/mol. The van der Waals surface area contributed by atoms with Gasteiger partial charge in [0.15, 0.2) is 0 Å². The maximum Gasteiger partial charge on any atom is 0.220 e. The Morgan fingerprint density at radius 1 is 1.07 bits per heavy atom. The van der Waals surface area contributed by atoms with Crippen LogP contribution in [-0.4, -0.2) is 40.9 Å². The number of unbranched alkanes of at least 4 members (excludes halogenated alkanes) is 1. The Morgan fingerprint density at radius 2 is 1.88 bits per heavy atom. The minimum Gasteiger partial charge on any atom is -0.508 e. The Kier molecular flexibility index (Phi) is 9.08. The number of hydrogen-bond donors (Lipinski definition) is 3. The standard InChI is InChI=1S/C35H40N2O5S/c1-34(2,32-31(42-22-35(32,3)4)24-10-9-11-25(38)19-24)21-41-17-8-7-14-30(40)36-20-23-15-16-26(28(39)18-23)33-37-27-12-5-6-13-29(27)43-33/h5-6,9-13,15-16,18-19,38-39H,7-8,14,17,20-22H2,1-4H3,(H,36,40). The third-order valence-electron chi connectivity index (χ3n) is 7.75. The van der Waals surface area contributed by atoms with Crippen molar-refractivity contribution in [3.63, 3.8) is 0 Å². The van der Waals surface area contributed by atoms with Crippen molar-refractivity contribution < 1.29 is 24.5 Å². The lowest BCUT2D eigenvalue weighted by Gasteiger charge is -2.34.